The molecule has 0 aliphatic carbocycles. The number of rotatable bonds is 1. The highest BCUT2D eigenvalue weighted by atomic mass is 35.5. The molecule has 0 atom stereocenters. The second-order valence-electron chi connectivity index (χ2n) is 3.18. The van der Waals surface area contributed by atoms with E-state index in [-0.39, 0.29) is 0 Å². The Bertz CT molecular complexity index is 516. The number of benzene rings is 1. The monoisotopic (exact) mass is 224 g/mol. The van der Waals surface area contributed by atoms with Crippen molar-refractivity contribution in [2.45, 2.75) is 0 Å². The molecule has 0 aliphatic heterocycles. The number of hydrogen-bond donors (Lipinski definition) is 1. The molecule has 0 fully saturated rings. The SMILES string of the molecule is Cn1cc(C(N)=S)c2ccc(Cl)cc21. The molecule has 1 aromatic carbocycles. The predicted octanol–water partition coefficient (Wildman–Crippen LogP) is 2.47. The summed E-state index contributed by atoms with van der Waals surface area (Å²) >= 11 is 10.9. The molecule has 0 bridgehead atoms. The molecule has 2 aromatic rings. The van der Waals surface area contributed by atoms with Gasteiger partial charge < -0.3 is 10.3 Å². The van der Waals surface area contributed by atoms with E-state index in [1.807, 2.05) is 36.0 Å². The van der Waals surface area contributed by atoms with Crippen LogP contribution < -0.4 is 5.73 Å². The third kappa shape index (κ3) is 1.38. The number of aryl methyl sites for hydroxylation is 1. The first kappa shape index (κ1) is 9.49. The van der Waals surface area contributed by atoms with E-state index in [1.165, 1.54) is 0 Å². The second-order valence-corrected chi connectivity index (χ2v) is 4.06. The zero-order valence-corrected chi connectivity index (χ0v) is 9.19. The summed E-state index contributed by atoms with van der Waals surface area (Å²) in [7, 11) is 1.94. The number of nitrogens with two attached hydrogens (primary N) is 1. The average Bonchev–Trinajstić information content (AvgIpc) is 2.44. The van der Waals surface area contributed by atoms with Gasteiger partial charge in [-0.15, -0.1) is 0 Å². The Morgan fingerprint density at radius 3 is 2.86 bits per heavy atom. The lowest BCUT2D eigenvalue weighted by Gasteiger charge is -1.96. The summed E-state index contributed by atoms with van der Waals surface area (Å²) in [6.07, 6.45) is 1.92. The van der Waals surface area contributed by atoms with Crippen LogP contribution in [0, 0.1) is 0 Å². The molecular weight excluding hydrogens is 216 g/mol. The maximum absolute atomic E-state index is 5.90. The van der Waals surface area contributed by atoms with Crippen molar-refractivity contribution < 1.29 is 0 Å². The largest absolute Gasteiger partial charge is 0.389 e. The van der Waals surface area contributed by atoms with Crippen LogP contribution in [0.5, 0.6) is 0 Å². The minimum Gasteiger partial charge on any atom is -0.389 e. The molecule has 1 aromatic heterocycles. The maximum atomic E-state index is 5.90. The van der Waals surface area contributed by atoms with E-state index >= 15 is 0 Å². The van der Waals surface area contributed by atoms with Crippen LogP contribution in [0.1, 0.15) is 5.56 Å². The summed E-state index contributed by atoms with van der Waals surface area (Å²) in [6, 6.07) is 5.68. The summed E-state index contributed by atoms with van der Waals surface area (Å²) < 4.78 is 1.97. The molecule has 0 spiro atoms. The minimum absolute atomic E-state index is 0.415. The zero-order chi connectivity index (χ0) is 10.3. The normalized spacial score (nSPS) is 10.7. The van der Waals surface area contributed by atoms with Gasteiger partial charge >= 0.3 is 0 Å². The number of nitrogens with zero attached hydrogens (tertiary/aromatic N) is 1. The van der Waals surface area contributed by atoms with Gasteiger partial charge in [-0.25, -0.2) is 0 Å². The lowest BCUT2D eigenvalue weighted by atomic mass is 10.2. The summed E-state index contributed by atoms with van der Waals surface area (Å²) in [6.45, 7) is 0. The maximum Gasteiger partial charge on any atom is 0.106 e. The first-order valence-corrected chi connectivity index (χ1v) is 4.92. The molecule has 0 amide bonds. The molecule has 1 heterocycles. The van der Waals surface area contributed by atoms with Crippen LogP contribution >= 0.6 is 23.8 Å². The summed E-state index contributed by atoms with van der Waals surface area (Å²) in [4.78, 5) is 0.415. The van der Waals surface area contributed by atoms with E-state index in [0.717, 1.165) is 16.5 Å². The Hall–Kier alpha value is -1.06. The van der Waals surface area contributed by atoms with Gasteiger partial charge in [0.25, 0.3) is 0 Å². The van der Waals surface area contributed by atoms with Crippen LogP contribution in [-0.2, 0) is 7.05 Å². The van der Waals surface area contributed by atoms with Crippen molar-refractivity contribution in [1.29, 1.82) is 0 Å². The first-order chi connectivity index (χ1) is 6.59. The molecule has 0 saturated heterocycles. The number of aromatic nitrogens is 1. The number of thiocarbonyl (C=S) groups is 1. The Kier molecular flexibility index (Phi) is 2.21. The minimum atomic E-state index is 0.415. The van der Waals surface area contributed by atoms with Gasteiger partial charge in [0.15, 0.2) is 0 Å². The predicted molar refractivity (Wildman–Crippen MR) is 63.8 cm³/mol. The molecule has 14 heavy (non-hydrogen) atoms. The smallest absolute Gasteiger partial charge is 0.106 e. The molecule has 0 aliphatic rings. The van der Waals surface area contributed by atoms with Crippen LogP contribution in [-0.4, -0.2) is 9.56 Å². The average molecular weight is 225 g/mol. The van der Waals surface area contributed by atoms with E-state index < -0.39 is 0 Å². The molecule has 0 unspecified atom stereocenters. The van der Waals surface area contributed by atoms with Crippen molar-refractivity contribution in [1.82, 2.24) is 4.57 Å². The van der Waals surface area contributed by atoms with Crippen molar-refractivity contribution in [3.05, 3.63) is 35.0 Å². The van der Waals surface area contributed by atoms with E-state index in [2.05, 4.69) is 0 Å². The first-order valence-electron chi connectivity index (χ1n) is 4.14. The number of halogens is 1. The van der Waals surface area contributed by atoms with Crippen LogP contribution in [0.15, 0.2) is 24.4 Å². The fraction of sp³-hybridized carbons (Fsp3) is 0.100. The van der Waals surface area contributed by atoms with Gasteiger partial charge in [-0.3, -0.25) is 0 Å². The van der Waals surface area contributed by atoms with Crippen LogP contribution in [0.4, 0.5) is 0 Å². The van der Waals surface area contributed by atoms with E-state index in [1.54, 1.807) is 0 Å². The van der Waals surface area contributed by atoms with Crippen molar-refractivity contribution in [2.24, 2.45) is 12.8 Å². The zero-order valence-electron chi connectivity index (χ0n) is 7.62. The van der Waals surface area contributed by atoms with E-state index in [4.69, 9.17) is 29.6 Å². The van der Waals surface area contributed by atoms with Crippen molar-refractivity contribution in [3.63, 3.8) is 0 Å². The van der Waals surface area contributed by atoms with E-state index in [9.17, 15) is 0 Å². The topological polar surface area (TPSA) is 30.9 Å². The Morgan fingerprint density at radius 2 is 2.21 bits per heavy atom. The van der Waals surface area contributed by atoms with Gasteiger partial charge in [0.1, 0.15) is 4.99 Å². The fourth-order valence-corrected chi connectivity index (χ4v) is 1.88. The van der Waals surface area contributed by atoms with Crippen molar-refractivity contribution >= 4 is 39.7 Å². The van der Waals surface area contributed by atoms with Gasteiger partial charge in [0, 0.05) is 34.7 Å². The van der Waals surface area contributed by atoms with Gasteiger partial charge in [-0.05, 0) is 12.1 Å². The standard InChI is InChI=1S/C10H9ClN2S/c1-13-5-8(10(12)14)7-3-2-6(11)4-9(7)13/h2-5H,1H3,(H2,12,14). The Morgan fingerprint density at radius 1 is 1.50 bits per heavy atom. The number of fused-ring (bicyclic) bond motifs is 1. The molecule has 2 N–H and O–H groups in total. The molecule has 4 heteroatoms. The highest BCUT2D eigenvalue weighted by molar-refractivity contribution is 7.80. The molecule has 2 nitrogen and oxygen atoms in total. The highest BCUT2D eigenvalue weighted by Gasteiger charge is 2.08. The summed E-state index contributed by atoms with van der Waals surface area (Å²) in [5, 5.41) is 1.76. The lowest BCUT2D eigenvalue weighted by Crippen LogP contribution is -2.08. The molecule has 72 valence electrons. The van der Waals surface area contributed by atoms with Gasteiger partial charge in [-0.1, -0.05) is 29.9 Å². The van der Waals surface area contributed by atoms with Crippen LogP contribution in [0.2, 0.25) is 5.02 Å². The molecular formula is C10H9ClN2S. The Labute approximate surface area is 92.3 Å². The van der Waals surface area contributed by atoms with Crippen LogP contribution in [0.25, 0.3) is 10.9 Å². The number of hydrogen-bond acceptors (Lipinski definition) is 1. The molecule has 2 rings (SSSR count). The fourth-order valence-electron chi connectivity index (χ4n) is 1.55. The third-order valence-corrected chi connectivity index (χ3v) is 2.67. The van der Waals surface area contributed by atoms with Gasteiger partial charge in [-0.2, -0.15) is 0 Å². The van der Waals surface area contributed by atoms with Gasteiger partial charge in [0.2, 0.25) is 0 Å². The molecule has 0 radical (unpaired) electrons. The van der Waals surface area contributed by atoms with E-state index in [0.29, 0.717) is 10.0 Å². The lowest BCUT2D eigenvalue weighted by molar-refractivity contribution is 0.968. The highest BCUT2D eigenvalue weighted by Crippen LogP contribution is 2.23. The van der Waals surface area contributed by atoms with Crippen molar-refractivity contribution in [3.8, 4) is 0 Å². The van der Waals surface area contributed by atoms with Crippen LogP contribution in [0.3, 0.4) is 0 Å². The quantitative estimate of drug-likeness (QED) is 0.755. The summed E-state index contributed by atoms with van der Waals surface area (Å²) in [5.74, 6) is 0. The second kappa shape index (κ2) is 3.26. The van der Waals surface area contributed by atoms with Crippen molar-refractivity contribution in [2.75, 3.05) is 0 Å². The summed E-state index contributed by atoms with van der Waals surface area (Å²) in [5.41, 5.74) is 7.56. The van der Waals surface area contributed by atoms with Gasteiger partial charge in [0.05, 0.1) is 0 Å². The Balaban J connectivity index is 2.84. The third-order valence-electron chi connectivity index (χ3n) is 2.22. The molecule has 0 saturated carbocycles.